The maximum Gasteiger partial charge on any atom is 0.216 e. The number of piperidine rings is 1. The first kappa shape index (κ1) is 17.5. The van der Waals surface area contributed by atoms with E-state index in [-0.39, 0.29) is 5.75 Å². The van der Waals surface area contributed by atoms with Gasteiger partial charge in [0.1, 0.15) is 5.66 Å². The molecular weight excluding hydrogens is 324 g/mol. The van der Waals surface area contributed by atoms with Gasteiger partial charge in [-0.05, 0) is 37.8 Å². The van der Waals surface area contributed by atoms with Gasteiger partial charge in [-0.15, -0.1) is 0 Å². The van der Waals surface area contributed by atoms with Crippen LogP contribution >= 0.6 is 0 Å². The smallest absolute Gasteiger partial charge is 0.216 e. The third-order valence-corrected chi connectivity index (χ3v) is 7.16. The SMILES string of the molecule is CCCS(=O)(=O)N1CCC(O)CC1(C)N1C=CCc2ccccc21. The Morgan fingerprint density at radius 2 is 2.08 bits per heavy atom. The van der Waals surface area contributed by atoms with Gasteiger partial charge in [-0.3, -0.25) is 0 Å². The molecule has 6 heteroatoms. The number of benzene rings is 1. The number of para-hydroxylation sites is 1. The van der Waals surface area contributed by atoms with Crippen LogP contribution in [0.3, 0.4) is 0 Å². The van der Waals surface area contributed by atoms with Crippen LogP contribution in [0.4, 0.5) is 5.69 Å². The van der Waals surface area contributed by atoms with Crippen molar-refractivity contribution in [1.82, 2.24) is 4.31 Å². The Morgan fingerprint density at radius 1 is 1.33 bits per heavy atom. The van der Waals surface area contributed by atoms with Crippen LogP contribution in [0.2, 0.25) is 0 Å². The summed E-state index contributed by atoms with van der Waals surface area (Å²) in [7, 11) is -3.37. The molecule has 0 aromatic heterocycles. The van der Waals surface area contributed by atoms with Crippen LogP contribution in [0, 0.1) is 0 Å². The minimum absolute atomic E-state index is 0.137. The standard InChI is InChI=1S/C18H26N2O3S/c1-3-13-24(22,23)20-12-10-16(21)14-18(20,2)19-11-6-8-15-7-4-5-9-17(15)19/h4-7,9,11,16,21H,3,8,10,12-14H2,1-2H3. The summed E-state index contributed by atoms with van der Waals surface area (Å²) in [4.78, 5) is 2.03. The molecule has 1 saturated heterocycles. The number of sulfonamides is 1. The molecule has 1 aromatic rings. The molecule has 2 aliphatic heterocycles. The maximum atomic E-state index is 12.9. The van der Waals surface area contributed by atoms with Crippen LogP contribution < -0.4 is 4.90 Å². The topological polar surface area (TPSA) is 60.9 Å². The summed E-state index contributed by atoms with van der Waals surface area (Å²) >= 11 is 0. The van der Waals surface area contributed by atoms with E-state index in [1.807, 2.05) is 43.1 Å². The predicted octanol–water partition coefficient (Wildman–Crippen LogP) is 2.48. The van der Waals surface area contributed by atoms with Crippen LogP contribution in [0.5, 0.6) is 0 Å². The molecule has 2 unspecified atom stereocenters. The fraction of sp³-hybridized carbons (Fsp3) is 0.556. The normalized spacial score (nSPS) is 28.0. The van der Waals surface area contributed by atoms with Gasteiger partial charge >= 0.3 is 0 Å². The van der Waals surface area contributed by atoms with Gasteiger partial charge in [0, 0.05) is 24.9 Å². The highest BCUT2D eigenvalue weighted by Crippen LogP contribution is 2.40. The fourth-order valence-electron chi connectivity index (χ4n) is 3.89. The highest BCUT2D eigenvalue weighted by Gasteiger charge is 2.48. The van der Waals surface area contributed by atoms with Crippen LogP contribution in [0.1, 0.15) is 38.7 Å². The molecule has 2 atom stereocenters. The monoisotopic (exact) mass is 350 g/mol. The van der Waals surface area contributed by atoms with E-state index >= 15 is 0 Å². The number of hydrogen-bond acceptors (Lipinski definition) is 4. The van der Waals surface area contributed by atoms with Crippen LogP contribution in [0.25, 0.3) is 0 Å². The summed E-state index contributed by atoms with van der Waals surface area (Å²) in [5.41, 5.74) is 1.40. The van der Waals surface area contributed by atoms with Crippen molar-refractivity contribution in [2.45, 2.75) is 51.3 Å². The predicted molar refractivity (Wildman–Crippen MR) is 96.2 cm³/mol. The van der Waals surface area contributed by atoms with Gasteiger partial charge in [-0.2, -0.15) is 4.31 Å². The summed E-state index contributed by atoms with van der Waals surface area (Å²) in [6.45, 7) is 4.16. The zero-order valence-corrected chi connectivity index (χ0v) is 15.2. The molecule has 1 fully saturated rings. The number of aliphatic hydroxyl groups excluding tert-OH is 1. The van der Waals surface area contributed by atoms with Crippen molar-refractivity contribution in [1.29, 1.82) is 0 Å². The second-order valence-corrected chi connectivity index (χ2v) is 8.85. The molecule has 0 saturated carbocycles. The number of nitrogens with zero attached hydrogens (tertiary/aromatic N) is 2. The first-order valence-electron chi connectivity index (χ1n) is 8.61. The molecule has 0 aliphatic carbocycles. The Morgan fingerprint density at radius 3 is 2.83 bits per heavy atom. The number of aliphatic hydroxyl groups is 1. The first-order valence-corrected chi connectivity index (χ1v) is 10.2. The third-order valence-electron chi connectivity index (χ3n) is 4.99. The lowest BCUT2D eigenvalue weighted by atomic mass is 9.93. The van der Waals surface area contributed by atoms with Gasteiger partial charge < -0.3 is 10.0 Å². The second-order valence-electron chi connectivity index (χ2n) is 6.84. The molecule has 2 aliphatic rings. The minimum Gasteiger partial charge on any atom is -0.393 e. The number of rotatable bonds is 4. The van der Waals surface area contributed by atoms with Gasteiger partial charge in [0.15, 0.2) is 0 Å². The Bertz CT molecular complexity index is 732. The largest absolute Gasteiger partial charge is 0.393 e. The molecule has 24 heavy (non-hydrogen) atoms. The van der Waals surface area contributed by atoms with Crippen molar-refractivity contribution >= 4 is 15.7 Å². The van der Waals surface area contributed by atoms with E-state index in [1.165, 1.54) is 5.56 Å². The van der Waals surface area contributed by atoms with Crippen molar-refractivity contribution in [3.8, 4) is 0 Å². The van der Waals surface area contributed by atoms with Crippen molar-refractivity contribution in [2.24, 2.45) is 0 Å². The lowest BCUT2D eigenvalue weighted by molar-refractivity contribution is 0.0375. The molecule has 2 heterocycles. The maximum absolute atomic E-state index is 12.9. The van der Waals surface area contributed by atoms with Crippen molar-refractivity contribution in [2.75, 3.05) is 17.2 Å². The molecule has 0 bridgehead atoms. The quantitative estimate of drug-likeness (QED) is 0.906. The second kappa shape index (κ2) is 6.50. The molecule has 0 radical (unpaired) electrons. The Hall–Kier alpha value is -1.37. The molecule has 1 aromatic carbocycles. The lowest BCUT2D eigenvalue weighted by Crippen LogP contribution is -2.64. The summed E-state index contributed by atoms with van der Waals surface area (Å²) in [6, 6.07) is 8.06. The van der Waals surface area contributed by atoms with Gasteiger partial charge in [0.25, 0.3) is 0 Å². The van der Waals surface area contributed by atoms with Gasteiger partial charge in [-0.1, -0.05) is 31.2 Å². The Balaban J connectivity index is 2.06. The zero-order chi connectivity index (χ0) is 17.4. The Kier molecular flexibility index (Phi) is 4.73. The number of hydrogen-bond donors (Lipinski definition) is 1. The highest BCUT2D eigenvalue weighted by molar-refractivity contribution is 7.89. The van der Waals surface area contributed by atoms with E-state index in [2.05, 4.69) is 12.1 Å². The Labute approximate surface area is 144 Å². The number of anilines is 1. The number of allylic oxidation sites excluding steroid dienone is 1. The average Bonchev–Trinajstić information content (AvgIpc) is 2.53. The molecule has 5 nitrogen and oxygen atoms in total. The van der Waals surface area contributed by atoms with E-state index in [1.54, 1.807) is 4.31 Å². The van der Waals surface area contributed by atoms with Gasteiger partial charge in [0.05, 0.1) is 11.9 Å². The van der Waals surface area contributed by atoms with E-state index in [4.69, 9.17) is 0 Å². The first-order chi connectivity index (χ1) is 11.4. The number of fused-ring (bicyclic) bond motifs is 1. The van der Waals surface area contributed by atoms with Crippen molar-refractivity contribution in [3.05, 3.63) is 42.1 Å². The fourth-order valence-corrected chi connectivity index (χ4v) is 5.77. The van der Waals surface area contributed by atoms with Crippen LogP contribution in [-0.4, -0.2) is 41.9 Å². The lowest BCUT2D eigenvalue weighted by Gasteiger charge is -2.52. The molecule has 3 rings (SSSR count). The van der Waals surface area contributed by atoms with Crippen molar-refractivity contribution in [3.63, 3.8) is 0 Å². The summed E-state index contributed by atoms with van der Waals surface area (Å²) in [5.74, 6) is 0.137. The van der Waals surface area contributed by atoms with Gasteiger partial charge in [0.2, 0.25) is 10.0 Å². The zero-order valence-electron chi connectivity index (χ0n) is 14.4. The molecule has 1 N–H and O–H groups in total. The highest BCUT2D eigenvalue weighted by atomic mass is 32.2. The van der Waals surface area contributed by atoms with E-state index < -0.39 is 21.8 Å². The average molecular weight is 350 g/mol. The summed E-state index contributed by atoms with van der Waals surface area (Å²) in [6.07, 6.45) is 5.84. The van der Waals surface area contributed by atoms with E-state index in [0.717, 1.165) is 12.1 Å². The van der Waals surface area contributed by atoms with Gasteiger partial charge in [-0.25, -0.2) is 8.42 Å². The van der Waals surface area contributed by atoms with E-state index in [0.29, 0.717) is 25.8 Å². The molecule has 0 spiro atoms. The van der Waals surface area contributed by atoms with Crippen LogP contribution in [0.15, 0.2) is 36.5 Å². The van der Waals surface area contributed by atoms with Crippen LogP contribution in [-0.2, 0) is 16.4 Å². The third kappa shape index (κ3) is 2.98. The summed E-state index contributed by atoms with van der Waals surface area (Å²) < 4.78 is 27.3. The van der Waals surface area contributed by atoms with E-state index in [9.17, 15) is 13.5 Å². The minimum atomic E-state index is -3.37. The molecule has 132 valence electrons. The van der Waals surface area contributed by atoms with Crippen molar-refractivity contribution < 1.29 is 13.5 Å². The molecular formula is C18H26N2O3S. The molecule has 0 amide bonds. The summed E-state index contributed by atoms with van der Waals surface area (Å²) in [5, 5.41) is 10.3.